The summed E-state index contributed by atoms with van der Waals surface area (Å²) in [4.78, 5) is 13.1. The Kier molecular flexibility index (Phi) is 61.7. The second-order valence-electron chi connectivity index (χ2n) is 26.1. The van der Waals surface area contributed by atoms with E-state index in [1.54, 1.807) is 6.08 Å². The van der Waals surface area contributed by atoms with Gasteiger partial charge in [0.25, 0.3) is 0 Å². The van der Waals surface area contributed by atoms with Crippen LogP contribution in [0.3, 0.4) is 0 Å². The van der Waals surface area contributed by atoms with Gasteiger partial charge in [-0.25, -0.2) is 0 Å². The first kappa shape index (κ1) is 80.4. The van der Waals surface area contributed by atoms with E-state index in [4.69, 9.17) is 9.47 Å². The summed E-state index contributed by atoms with van der Waals surface area (Å²) in [6, 6.07) is -0.804. The fourth-order valence-corrected chi connectivity index (χ4v) is 12.1. The number of carbonyl (C=O) groups excluding carboxylic acids is 1. The van der Waals surface area contributed by atoms with Gasteiger partial charge in [-0.05, 0) is 51.4 Å². The number of hydrogen-bond donors (Lipinski definition) is 6. The van der Waals surface area contributed by atoms with E-state index in [-0.39, 0.29) is 12.5 Å². The average molecular weight is 1190 g/mol. The summed E-state index contributed by atoms with van der Waals surface area (Å²) >= 11 is 0. The highest BCUT2D eigenvalue weighted by Gasteiger charge is 2.44. The topological polar surface area (TPSA) is 149 Å². The molecule has 0 saturated carbocycles. The van der Waals surface area contributed by atoms with E-state index < -0.39 is 49.5 Å². The van der Waals surface area contributed by atoms with Crippen molar-refractivity contribution in [3.05, 3.63) is 36.5 Å². The summed E-state index contributed by atoms with van der Waals surface area (Å²) in [5.41, 5.74) is 0. The maximum absolute atomic E-state index is 13.1. The lowest BCUT2D eigenvalue weighted by Crippen LogP contribution is -2.60. The lowest BCUT2D eigenvalue weighted by atomic mass is 9.99. The van der Waals surface area contributed by atoms with Crippen molar-refractivity contribution < 1.29 is 39.8 Å². The molecule has 0 aromatic heterocycles. The lowest BCUT2D eigenvalue weighted by molar-refractivity contribution is -0.302. The number of nitrogens with one attached hydrogen (secondary N) is 1. The smallest absolute Gasteiger partial charge is 0.220 e. The molecule has 84 heavy (non-hydrogen) atoms. The van der Waals surface area contributed by atoms with Gasteiger partial charge in [0.15, 0.2) is 6.29 Å². The summed E-state index contributed by atoms with van der Waals surface area (Å²) < 4.78 is 11.3. The molecule has 0 aromatic carbocycles. The van der Waals surface area contributed by atoms with E-state index in [9.17, 15) is 30.3 Å². The third-order valence-electron chi connectivity index (χ3n) is 18.0. The van der Waals surface area contributed by atoms with Gasteiger partial charge in [0.05, 0.1) is 25.4 Å². The molecule has 0 bridgehead atoms. The minimum absolute atomic E-state index is 0.168. The van der Waals surface area contributed by atoms with Crippen molar-refractivity contribution in [1.29, 1.82) is 0 Å². The van der Waals surface area contributed by atoms with Crippen molar-refractivity contribution in [3.63, 3.8) is 0 Å². The quantitative estimate of drug-likeness (QED) is 0.0261. The number of allylic oxidation sites excluding steroid dienone is 5. The molecule has 7 atom stereocenters. The van der Waals surface area contributed by atoms with Gasteiger partial charge in [-0.3, -0.25) is 4.79 Å². The zero-order valence-corrected chi connectivity index (χ0v) is 55.7. The largest absolute Gasteiger partial charge is 0.394 e. The van der Waals surface area contributed by atoms with E-state index in [0.717, 1.165) is 44.9 Å². The minimum atomic E-state index is -1.57. The number of unbranched alkanes of at least 4 members (excludes halogenated alkanes) is 52. The molecule has 0 aliphatic carbocycles. The molecule has 7 unspecified atom stereocenters. The van der Waals surface area contributed by atoms with E-state index in [2.05, 4.69) is 43.5 Å². The third kappa shape index (κ3) is 52.4. The van der Waals surface area contributed by atoms with Crippen LogP contribution in [-0.4, -0.2) is 87.5 Å². The van der Waals surface area contributed by atoms with Crippen LogP contribution in [0.15, 0.2) is 36.5 Å². The van der Waals surface area contributed by atoms with Crippen LogP contribution in [0, 0.1) is 0 Å². The molecule has 1 saturated heterocycles. The van der Waals surface area contributed by atoms with Crippen molar-refractivity contribution in [2.75, 3.05) is 13.2 Å². The number of aliphatic hydroxyl groups excluding tert-OH is 5. The van der Waals surface area contributed by atoms with Gasteiger partial charge in [0.1, 0.15) is 24.4 Å². The number of amides is 1. The highest BCUT2D eigenvalue weighted by atomic mass is 16.7. The predicted octanol–water partition coefficient (Wildman–Crippen LogP) is 20.6. The minimum Gasteiger partial charge on any atom is -0.394 e. The Morgan fingerprint density at radius 3 is 1.02 bits per heavy atom. The van der Waals surface area contributed by atoms with Crippen LogP contribution in [0.25, 0.3) is 0 Å². The molecule has 1 rings (SSSR count). The number of rotatable bonds is 66. The standard InChI is InChI=1S/C75H143NO8/c1-3-5-7-9-11-13-15-17-19-21-23-25-27-29-30-31-32-33-34-35-36-37-38-39-40-41-43-45-47-49-51-53-55-57-59-61-63-65-71(79)76-68(67-83-75-74(82)73(81)72(80)70(66-77)84-75)69(78)64-62-60-58-56-54-52-50-48-46-44-42-28-26-24-22-20-18-16-14-12-10-8-6-4-2/h15,17,21,23,62,64,68-70,72-75,77-78,80-82H,3-14,16,18-20,22,24-61,63,65-67H2,1-2H3,(H,76,79)/b17-15-,23-21-,64-62+. The van der Waals surface area contributed by atoms with Crippen LogP contribution in [-0.2, 0) is 14.3 Å². The Labute approximate surface area is 521 Å². The summed E-state index contributed by atoms with van der Waals surface area (Å²) in [6.45, 7) is 3.83. The normalized spacial score (nSPS) is 18.3. The van der Waals surface area contributed by atoms with Crippen molar-refractivity contribution in [3.8, 4) is 0 Å². The number of ether oxygens (including phenoxy) is 2. The van der Waals surface area contributed by atoms with Crippen LogP contribution in [0.2, 0.25) is 0 Å². The van der Waals surface area contributed by atoms with Crippen molar-refractivity contribution in [1.82, 2.24) is 5.32 Å². The molecule has 9 nitrogen and oxygen atoms in total. The average Bonchev–Trinajstić information content (AvgIpc) is 3.70. The van der Waals surface area contributed by atoms with E-state index >= 15 is 0 Å². The predicted molar refractivity (Wildman–Crippen MR) is 360 cm³/mol. The SMILES string of the molecule is CCCCCCC/C=C\C/C=C\CCCCCCCCCCCCCCCCCCCCCCCCCCCC(=O)NC(COC1OC(CO)C(O)C(O)C1O)C(O)/C=C/CCCCCCCCCCCCCCCCCCCCCCCC. The van der Waals surface area contributed by atoms with Crippen LogP contribution in [0.5, 0.6) is 0 Å². The molecular weight excluding hydrogens is 1040 g/mol. The monoisotopic (exact) mass is 1190 g/mol. The fraction of sp³-hybridized carbons (Fsp3) is 0.907. The first-order valence-electron chi connectivity index (χ1n) is 37.2. The van der Waals surface area contributed by atoms with Crippen molar-refractivity contribution >= 4 is 5.91 Å². The molecule has 9 heteroatoms. The second kappa shape index (κ2) is 64.4. The zero-order valence-electron chi connectivity index (χ0n) is 55.7. The van der Waals surface area contributed by atoms with Crippen molar-refractivity contribution in [2.45, 2.75) is 423 Å². The second-order valence-corrected chi connectivity index (χ2v) is 26.1. The Morgan fingerprint density at radius 1 is 0.405 bits per heavy atom. The van der Waals surface area contributed by atoms with Crippen LogP contribution >= 0.6 is 0 Å². The zero-order chi connectivity index (χ0) is 60.7. The third-order valence-corrected chi connectivity index (χ3v) is 18.0. The molecule has 6 N–H and O–H groups in total. The van der Waals surface area contributed by atoms with Crippen LogP contribution < -0.4 is 5.32 Å². The van der Waals surface area contributed by atoms with E-state index in [1.165, 1.54) is 315 Å². The highest BCUT2D eigenvalue weighted by Crippen LogP contribution is 2.24. The molecule has 1 aliphatic heterocycles. The Hall–Kier alpha value is -1.59. The summed E-state index contributed by atoms with van der Waals surface area (Å²) in [6.07, 6.45) is 79.9. The fourth-order valence-electron chi connectivity index (χ4n) is 12.1. The molecule has 1 fully saturated rings. The number of aliphatic hydroxyl groups is 5. The molecule has 0 aromatic rings. The first-order chi connectivity index (χ1) is 41.3. The Morgan fingerprint density at radius 2 is 0.702 bits per heavy atom. The molecule has 1 amide bonds. The Balaban J connectivity index is 2.07. The van der Waals surface area contributed by atoms with Crippen LogP contribution in [0.1, 0.15) is 380 Å². The maximum atomic E-state index is 13.1. The van der Waals surface area contributed by atoms with Gasteiger partial charge >= 0.3 is 0 Å². The number of hydrogen-bond acceptors (Lipinski definition) is 8. The molecule has 496 valence electrons. The molecule has 0 spiro atoms. The number of carbonyl (C=O) groups is 1. The molecule has 0 radical (unpaired) electrons. The lowest BCUT2D eigenvalue weighted by Gasteiger charge is -2.40. The van der Waals surface area contributed by atoms with Gasteiger partial charge in [-0.2, -0.15) is 0 Å². The summed E-state index contributed by atoms with van der Waals surface area (Å²) in [7, 11) is 0. The highest BCUT2D eigenvalue weighted by molar-refractivity contribution is 5.76. The van der Waals surface area contributed by atoms with Gasteiger partial charge in [0, 0.05) is 6.42 Å². The van der Waals surface area contributed by atoms with Crippen molar-refractivity contribution in [2.24, 2.45) is 0 Å². The van der Waals surface area contributed by atoms with E-state index in [0.29, 0.717) is 6.42 Å². The molecular formula is C75H143NO8. The van der Waals surface area contributed by atoms with Crippen LogP contribution in [0.4, 0.5) is 0 Å². The summed E-state index contributed by atoms with van der Waals surface area (Å²) in [5, 5.41) is 54.8. The molecule has 1 heterocycles. The maximum Gasteiger partial charge on any atom is 0.220 e. The first-order valence-corrected chi connectivity index (χ1v) is 37.2. The van der Waals surface area contributed by atoms with Gasteiger partial charge in [-0.1, -0.05) is 359 Å². The van der Waals surface area contributed by atoms with Gasteiger partial charge < -0.3 is 40.3 Å². The summed E-state index contributed by atoms with van der Waals surface area (Å²) in [5.74, 6) is -0.168. The van der Waals surface area contributed by atoms with E-state index in [1.807, 2.05) is 6.08 Å². The molecule has 1 aliphatic rings. The Bertz CT molecular complexity index is 1420. The van der Waals surface area contributed by atoms with Gasteiger partial charge in [0.2, 0.25) is 5.91 Å². The van der Waals surface area contributed by atoms with Gasteiger partial charge in [-0.15, -0.1) is 0 Å².